The van der Waals surface area contributed by atoms with Gasteiger partial charge in [0.25, 0.3) is 0 Å². The number of aromatic nitrogens is 4. The van der Waals surface area contributed by atoms with Crippen molar-refractivity contribution in [2.75, 3.05) is 12.3 Å². The Morgan fingerprint density at radius 2 is 1.97 bits per heavy atom. The van der Waals surface area contributed by atoms with Gasteiger partial charge in [0, 0.05) is 12.7 Å². The second-order valence-electron chi connectivity index (χ2n) is 8.34. The highest BCUT2D eigenvalue weighted by molar-refractivity contribution is 7.51. The molecule has 1 saturated heterocycles. The molecule has 5 atom stereocenters. The Kier molecular flexibility index (Phi) is 8.32. The number of imidazole rings is 1. The van der Waals surface area contributed by atoms with E-state index < -0.39 is 55.5 Å². The van der Waals surface area contributed by atoms with Gasteiger partial charge in [-0.05, 0) is 16.6 Å². The molecule has 1 aliphatic heterocycles. The van der Waals surface area contributed by atoms with Crippen molar-refractivity contribution in [2.45, 2.75) is 37.7 Å². The van der Waals surface area contributed by atoms with E-state index in [9.17, 15) is 29.7 Å². The average molecular weight is 551 g/mol. The van der Waals surface area contributed by atoms with E-state index in [1.54, 1.807) is 24.3 Å². The number of nitrogens with one attached hydrogen (secondary N) is 1. The third kappa shape index (κ3) is 6.14. The van der Waals surface area contributed by atoms with Crippen LogP contribution in [0.1, 0.15) is 17.5 Å². The zero-order chi connectivity index (χ0) is 27.4. The molecule has 0 bridgehead atoms. The first-order chi connectivity index (χ1) is 18.1. The molecular formula is C21H26N7O9P. The molecule has 3 heterocycles. The molecule has 0 amide bonds. The number of nitro groups is 1. The number of nitrogens with two attached hydrogens (primary N) is 1. The van der Waals surface area contributed by atoms with Crippen LogP contribution in [-0.2, 0) is 38.5 Å². The molecule has 4 rings (SSSR count). The fraction of sp³-hybridized carbons (Fsp3) is 0.381. The SMILES string of the molecule is Cn1c(COP(=O)(NCc2ccccc2)OC[C@H]2O[C@@H](n3ccc(N)nc3=O)[C@@H](O)[C@@H]2O)cnc1[N+](=O)[O-]. The molecule has 0 radical (unpaired) electrons. The first-order valence-electron chi connectivity index (χ1n) is 11.3. The smallest absolute Gasteiger partial charge is 0.390 e. The van der Waals surface area contributed by atoms with Gasteiger partial charge in [-0.2, -0.15) is 4.98 Å². The molecule has 16 nitrogen and oxygen atoms in total. The molecular weight excluding hydrogens is 525 g/mol. The lowest BCUT2D eigenvalue weighted by atomic mass is 10.1. The molecule has 0 aliphatic carbocycles. The van der Waals surface area contributed by atoms with E-state index in [0.717, 1.165) is 10.1 Å². The number of nitrogen functional groups attached to an aromatic ring is 1. The number of benzene rings is 1. The molecule has 0 spiro atoms. The first-order valence-corrected chi connectivity index (χ1v) is 12.8. The summed E-state index contributed by atoms with van der Waals surface area (Å²) < 4.78 is 32.4. The number of hydrogen-bond acceptors (Lipinski definition) is 12. The molecule has 17 heteroatoms. The summed E-state index contributed by atoms with van der Waals surface area (Å²) in [6.45, 7) is -0.784. The van der Waals surface area contributed by atoms with E-state index in [4.69, 9.17) is 19.5 Å². The van der Waals surface area contributed by atoms with Crippen molar-refractivity contribution in [3.63, 3.8) is 0 Å². The van der Waals surface area contributed by atoms with Crippen LogP contribution in [0.2, 0.25) is 0 Å². The lowest BCUT2D eigenvalue weighted by Gasteiger charge is -2.22. The molecule has 2 aromatic heterocycles. The first kappa shape index (κ1) is 27.5. The average Bonchev–Trinajstić information content (AvgIpc) is 3.40. The van der Waals surface area contributed by atoms with E-state index in [1.807, 2.05) is 6.07 Å². The summed E-state index contributed by atoms with van der Waals surface area (Å²) in [7, 11) is -2.71. The fourth-order valence-electron chi connectivity index (χ4n) is 3.69. The maximum atomic E-state index is 13.6. The number of ether oxygens (including phenoxy) is 1. The molecule has 38 heavy (non-hydrogen) atoms. The summed E-state index contributed by atoms with van der Waals surface area (Å²) in [6, 6.07) is 10.3. The fourth-order valence-corrected chi connectivity index (χ4v) is 4.97. The molecule has 1 aliphatic rings. The maximum absolute atomic E-state index is 13.6. The van der Waals surface area contributed by atoms with Gasteiger partial charge in [0.15, 0.2) is 6.23 Å². The molecule has 0 saturated carbocycles. The van der Waals surface area contributed by atoms with Gasteiger partial charge in [-0.3, -0.25) is 13.6 Å². The van der Waals surface area contributed by atoms with Crippen molar-refractivity contribution in [1.82, 2.24) is 24.2 Å². The summed E-state index contributed by atoms with van der Waals surface area (Å²) >= 11 is 0. The molecule has 1 aromatic carbocycles. The van der Waals surface area contributed by atoms with Crippen LogP contribution >= 0.6 is 7.75 Å². The van der Waals surface area contributed by atoms with Crippen LogP contribution in [0.4, 0.5) is 11.8 Å². The van der Waals surface area contributed by atoms with Gasteiger partial charge in [0.1, 0.15) is 42.6 Å². The Hall–Kier alpha value is -3.50. The van der Waals surface area contributed by atoms with E-state index >= 15 is 0 Å². The number of anilines is 1. The van der Waals surface area contributed by atoms with Gasteiger partial charge in [-0.25, -0.2) is 19.0 Å². The second kappa shape index (κ2) is 11.5. The largest absolute Gasteiger partial charge is 0.434 e. The van der Waals surface area contributed by atoms with Gasteiger partial charge in [0.05, 0.1) is 13.7 Å². The van der Waals surface area contributed by atoms with Gasteiger partial charge in [-0.1, -0.05) is 35.3 Å². The number of nitrogens with zero attached hydrogens (tertiary/aromatic N) is 5. The van der Waals surface area contributed by atoms with Crippen molar-refractivity contribution in [3.8, 4) is 0 Å². The van der Waals surface area contributed by atoms with Gasteiger partial charge in [0.2, 0.25) is 0 Å². The van der Waals surface area contributed by atoms with Crippen LogP contribution in [0, 0.1) is 10.1 Å². The van der Waals surface area contributed by atoms with Crippen molar-refractivity contribution in [1.29, 1.82) is 0 Å². The quantitative estimate of drug-likeness (QED) is 0.142. The van der Waals surface area contributed by atoms with E-state index in [0.29, 0.717) is 0 Å². The highest BCUT2D eigenvalue weighted by Crippen LogP contribution is 2.46. The van der Waals surface area contributed by atoms with Crippen LogP contribution in [0.5, 0.6) is 0 Å². The lowest BCUT2D eigenvalue weighted by Crippen LogP contribution is -2.36. The third-order valence-corrected chi connectivity index (χ3v) is 7.30. The summed E-state index contributed by atoms with van der Waals surface area (Å²) in [5.74, 6) is -0.452. The van der Waals surface area contributed by atoms with E-state index in [2.05, 4.69) is 15.1 Å². The topological polar surface area (TPSA) is 219 Å². The van der Waals surface area contributed by atoms with Crippen molar-refractivity contribution in [2.24, 2.45) is 7.05 Å². The molecule has 5 N–H and O–H groups in total. The maximum Gasteiger partial charge on any atom is 0.434 e. The van der Waals surface area contributed by atoms with Gasteiger partial charge >= 0.3 is 19.4 Å². The predicted octanol–water partition coefficient (Wildman–Crippen LogP) is 0.218. The summed E-state index contributed by atoms with van der Waals surface area (Å²) in [5, 5.41) is 34.7. The Morgan fingerprint density at radius 3 is 2.63 bits per heavy atom. The van der Waals surface area contributed by atoms with Crippen molar-refractivity contribution >= 4 is 19.5 Å². The van der Waals surface area contributed by atoms with Gasteiger partial charge < -0.3 is 30.8 Å². The zero-order valence-electron chi connectivity index (χ0n) is 20.1. The van der Waals surface area contributed by atoms with Crippen LogP contribution in [0.3, 0.4) is 0 Å². The van der Waals surface area contributed by atoms with Crippen LogP contribution in [0.25, 0.3) is 0 Å². The van der Waals surface area contributed by atoms with Crippen LogP contribution < -0.4 is 16.5 Å². The summed E-state index contributed by atoms with van der Waals surface area (Å²) in [5.41, 5.74) is 5.71. The normalized spacial score (nSPS) is 22.8. The van der Waals surface area contributed by atoms with E-state index in [1.165, 1.54) is 30.1 Å². The monoisotopic (exact) mass is 551 g/mol. The minimum absolute atomic E-state index is 0.0273. The van der Waals surface area contributed by atoms with Crippen molar-refractivity contribution in [3.05, 3.63) is 80.6 Å². The summed E-state index contributed by atoms with van der Waals surface area (Å²) in [6.07, 6.45) is -3.06. The summed E-state index contributed by atoms with van der Waals surface area (Å²) in [4.78, 5) is 29.8. The van der Waals surface area contributed by atoms with Gasteiger partial charge in [-0.15, -0.1) is 0 Å². The minimum atomic E-state index is -4.12. The number of aliphatic hydroxyl groups is 2. The Morgan fingerprint density at radius 1 is 1.24 bits per heavy atom. The lowest BCUT2D eigenvalue weighted by molar-refractivity contribution is -0.396. The molecule has 1 fully saturated rings. The highest BCUT2D eigenvalue weighted by atomic mass is 31.2. The zero-order valence-corrected chi connectivity index (χ0v) is 21.0. The van der Waals surface area contributed by atoms with E-state index in [-0.39, 0.29) is 24.7 Å². The third-order valence-electron chi connectivity index (χ3n) is 5.80. The second-order valence-corrected chi connectivity index (χ2v) is 10.2. The van der Waals surface area contributed by atoms with Crippen LogP contribution in [-0.4, -0.2) is 59.2 Å². The predicted molar refractivity (Wildman–Crippen MR) is 130 cm³/mol. The standard InChI is InChI=1S/C21H26N7O9P/c1-26-14(10-23-20(26)28(32)33)11-35-38(34,24-9-13-5-3-2-4-6-13)36-12-15-17(29)18(30)19(37-15)27-8-7-16(22)25-21(27)31/h2-8,10,15,17-19,29-30H,9,11-12H2,1H3,(H,24,34)(H2,22,25,31)/t15-,17-,18+,19-,38?/m1/s1. The minimum Gasteiger partial charge on any atom is -0.390 e. The number of hydrogen-bond donors (Lipinski definition) is 4. The molecule has 3 aromatic rings. The number of aliphatic hydroxyl groups excluding tert-OH is 2. The number of rotatable bonds is 11. The van der Waals surface area contributed by atoms with Crippen LogP contribution in [0.15, 0.2) is 53.6 Å². The molecule has 204 valence electrons. The van der Waals surface area contributed by atoms with Crippen molar-refractivity contribution < 1.29 is 33.5 Å². The Balaban J connectivity index is 1.47. The Labute approximate surface area is 215 Å². The Bertz CT molecular complexity index is 1380. The molecule has 1 unspecified atom stereocenters. The highest BCUT2D eigenvalue weighted by Gasteiger charge is 2.45.